The molecule has 0 aromatic heterocycles. The van der Waals surface area contributed by atoms with Gasteiger partial charge in [-0.05, 0) is 43.9 Å². The number of nitrogens with one attached hydrogen (secondary N) is 2. The fraction of sp³-hybridized carbons (Fsp3) is 0.429. The molecule has 19 heavy (non-hydrogen) atoms. The van der Waals surface area contributed by atoms with Crippen LogP contribution in [0.2, 0.25) is 5.02 Å². The summed E-state index contributed by atoms with van der Waals surface area (Å²) in [6.07, 6.45) is 2.71. The SMILES string of the molecule is Cc1ccc(NC(=O)NC2CCCC2C#N)cc1Cl. The maximum absolute atomic E-state index is 11.9. The second-order valence-electron chi connectivity index (χ2n) is 4.84. The first-order valence-electron chi connectivity index (χ1n) is 6.33. The second-order valence-corrected chi connectivity index (χ2v) is 5.24. The van der Waals surface area contributed by atoms with Crippen LogP contribution in [0.4, 0.5) is 10.5 Å². The Kier molecular flexibility index (Phi) is 4.28. The molecule has 0 radical (unpaired) electrons. The Labute approximate surface area is 117 Å². The average molecular weight is 278 g/mol. The highest BCUT2D eigenvalue weighted by molar-refractivity contribution is 6.31. The molecule has 1 aromatic rings. The second kappa shape index (κ2) is 5.94. The molecule has 0 saturated heterocycles. The predicted molar refractivity (Wildman–Crippen MR) is 75.1 cm³/mol. The summed E-state index contributed by atoms with van der Waals surface area (Å²) in [7, 11) is 0. The van der Waals surface area contributed by atoms with Crippen molar-refractivity contribution < 1.29 is 4.79 Å². The highest BCUT2D eigenvalue weighted by Crippen LogP contribution is 2.25. The zero-order valence-electron chi connectivity index (χ0n) is 10.7. The minimum absolute atomic E-state index is 0.0501. The minimum Gasteiger partial charge on any atom is -0.334 e. The summed E-state index contributed by atoms with van der Waals surface area (Å²) < 4.78 is 0. The van der Waals surface area contributed by atoms with Crippen LogP contribution in [0.5, 0.6) is 0 Å². The molecule has 100 valence electrons. The van der Waals surface area contributed by atoms with Gasteiger partial charge in [0.25, 0.3) is 0 Å². The van der Waals surface area contributed by atoms with E-state index in [0.717, 1.165) is 24.8 Å². The van der Waals surface area contributed by atoms with Crippen LogP contribution in [0.15, 0.2) is 18.2 Å². The van der Waals surface area contributed by atoms with Crippen LogP contribution in [-0.2, 0) is 0 Å². The van der Waals surface area contributed by atoms with Crippen LogP contribution in [0, 0.1) is 24.2 Å². The number of nitriles is 1. The van der Waals surface area contributed by atoms with Gasteiger partial charge in [0, 0.05) is 16.8 Å². The summed E-state index contributed by atoms with van der Waals surface area (Å²) in [6.45, 7) is 1.90. The molecule has 1 saturated carbocycles. The monoisotopic (exact) mass is 277 g/mol. The summed E-state index contributed by atoms with van der Waals surface area (Å²) >= 11 is 6.00. The Hall–Kier alpha value is -1.73. The number of nitrogens with zero attached hydrogens (tertiary/aromatic N) is 1. The molecule has 2 unspecified atom stereocenters. The first kappa shape index (κ1) is 13.7. The first-order chi connectivity index (χ1) is 9.10. The average Bonchev–Trinajstić information content (AvgIpc) is 2.81. The number of carbonyl (C=O) groups excluding carboxylic acids is 1. The molecule has 1 aliphatic carbocycles. The first-order valence-corrected chi connectivity index (χ1v) is 6.71. The summed E-state index contributed by atoms with van der Waals surface area (Å²) in [5, 5.41) is 15.2. The number of anilines is 1. The molecule has 5 heteroatoms. The molecular weight excluding hydrogens is 262 g/mol. The van der Waals surface area contributed by atoms with Gasteiger partial charge in [0.15, 0.2) is 0 Å². The highest BCUT2D eigenvalue weighted by Gasteiger charge is 2.28. The molecule has 0 heterocycles. The van der Waals surface area contributed by atoms with Gasteiger partial charge in [-0.15, -0.1) is 0 Å². The zero-order chi connectivity index (χ0) is 13.8. The molecular formula is C14H16ClN3O. The van der Waals surface area contributed by atoms with Crippen molar-refractivity contribution in [2.24, 2.45) is 5.92 Å². The summed E-state index contributed by atoms with van der Waals surface area (Å²) in [4.78, 5) is 11.9. The van der Waals surface area contributed by atoms with Gasteiger partial charge in [-0.3, -0.25) is 0 Å². The Morgan fingerprint density at radius 1 is 1.47 bits per heavy atom. The highest BCUT2D eigenvalue weighted by atomic mass is 35.5. The molecule has 0 spiro atoms. The van der Waals surface area contributed by atoms with Crippen molar-refractivity contribution in [2.45, 2.75) is 32.2 Å². The fourth-order valence-corrected chi connectivity index (χ4v) is 2.47. The van der Waals surface area contributed by atoms with Crippen molar-refractivity contribution in [2.75, 3.05) is 5.32 Å². The third-order valence-electron chi connectivity index (χ3n) is 3.43. The van der Waals surface area contributed by atoms with Gasteiger partial charge in [0.2, 0.25) is 0 Å². The number of aryl methyl sites for hydroxylation is 1. The number of urea groups is 1. The number of rotatable bonds is 2. The van der Waals surface area contributed by atoms with Crippen molar-refractivity contribution in [3.63, 3.8) is 0 Å². The summed E-state index contributed by atoms with van der Waals surface area (Å²) in [5.74, 6) is -0.0765. The minimum atomic E-state index is -0.285. The largest absolute Gasteiger partial charge is 0.334 e. The van der Waals surface area contributed by atoms with E-state index in [4.69, 9.17) is 16.9 Å². The topological polar surface area (TPSA) is 64.9 Å². The van der Waals surface area contributed by atoms with Crippen molar-refractivity contribution in [1.82, 2.24) is 5.32 Å². The van der Waals surface area contributed by atoms with Gasteiger partial charge in [0.1, 0.15) is 0 Å². The number of hydrogen-bond acceptors (Lipinski definition) is 2. The van der Waals surface area contributed by atoms with Gasteiger partial charge >= 0.3 is 6.03 Å². The van der Waals surface area contributed by atoms with Crippen molar-refractivity contribution in [3.8, 4) is 6.07 Å². The molecule has 2 amide bonds. The van der Waals surface area contributed by atoms with E-state index >= 15 is 0 Å². The van der Waals surface area contributed by atoms with Crippen molar-refractivity contribution in [3.05, 3.63) is 28.8 Å². The lowest BCUT2D eigenvalue weighted by molar-refractivity contribution is 0.247. The Bertz CT molecular complexity index is 524. The number of carbonyl (C=O) groups is 1. The van der Waals surface area contributed by atoms with Gasteiger partial charge in [0.05, 0.1) is 12.0 Å². The maximum atomic E-state index is 11.9. The van der Waals surface area contributed by atoms with E-state index in [9.17, 15) is 4.79 Å². The van der Waals surface area contributed by atoms with Crippen LogP contribution in [0.3, 0.4) is 0 Å². The fourth-order valence-electron chi connectivity index (χ4n) is 2.29. The standard InChI is InChI=1S/C14H16ClN3O/c1-9-5-6-11(7-12(9)15)17-14(19)18-13-4-2-3-10(13)8-16/h5-7,10,13H,2-4H2,1H3,(H2,17,18,19). The lowest BCUT2D eigenvalue weighted by atomic mass is 10.1. The molecule has 2 atom stereocenters. The normalized spacial score (nSPS) is 21.7. The number of hydrogen-bond donors (Lipinski definition) is 2. The lowest BCUT2D eigenvalue weighted by Crippen LogP contribution is -2.39. The Morgan fingerprint density at radius 3 is 2.95 bits per heavy atom. The maximum Gasteiger partial charge on any atom is 0.319 e. The van der Waals surface area contributed by atoms with Crippen LogP contribution >= 0.6 is 11.6 Å². The molecule has 4 nitrogen and oxygen atoms in total. The van der Waals surface area contributed by atoms with Gasteiger partial charge in [-0.25, -0.2) is 4.79 Å². The quantitative estimate of drug-likeness (QED) is 0.869. The summed E-state index contributed by atoms with van der Waals surface area (Å²) in [5.41, 5.74) is 1.62. The van der Waals surface area contributed by atoms with E-state index in [-0.39, 0.29) is 18.0 Å². The van der Waals surface area contributed by atoms with E-state index in [1.807, 2.05) is 13.0 Å². The predicted octanol–water partition coefficient (Wildman–Crippen LogP) is 3.46. The van der Waals surface area contributed by atoms with Crippen LogP contribution in [0.1, 0.15) is 24.8 Å². The van der Waals surface area contributed by atoms with E-state index in [1.54, 1.807) is 12.1 Å². The van der Waals surface area contributed by atoms with E-state index in [1.165, 1.54) is 0 Å². The Morgan fingerprint density at radius 2 is 2.26 bits per heavy atom. The van der Waals surface area contributed by atoms with E-state index in [2.05, 4.69) is 16.7 Å². The van der Waals surface area contributed by atoms with E-state index < -0.39 is 0 Å². The molecule has 2 rings (SSSR count). The molecule has 0 aliphatic heterocycles. The molecule has 2 N–H and O–H groups in total. The third-order valence-corrected chi connectivity index (χ3v) is 3.84. The van der Waals surface area contributed by atoms with Crippen molar-refractivity contribution in [1.29, 1.82) is 5.26 Å². The van der Waals surface area contributed by atoms with Crippen LogP contribution in [-0.4, -0.2) is 12.1 Å². The van der Waals surface area contributed by atoms with Gasteiger partial charge < -0.3 is 10.6 Å². The van der Waals surface area contributed by atoms with Gasteiger partial charge in [-0.1, -0.05) is 17.7 Å². The lowest BCUT2D eigenvalue weighted by Gasteiger charge is -2.16. The third kappa shape index (κ3) is 3.39. The van der Waals surface area contributed by atoms with Crippen LogP contribution in [0.25, 0.3) is 0 Å². The molecule has 1 fully saturated rings. The number of halogens is 1. The molecule has 1 aliphatic rings. The van der Waals surface area contributed by atoms with Crippen molar-refractivity contribution >= 4 is 23.3 Å². The van der Waals surface area contributed by atoms with Gasteiger partial charge in [-0.2, -0.15) is 5.26 Å². The smallest absolute Gasteiger partial charge is 0.319 e. The van der Waals surface area contributed by atoms with Crippen LogP contribution < -0.4 is 10.6 Å². The molecule has 0 bridgehead atoms. The van der Waals surface area contributed by atoms with E-state index in [0.29, 0.717) is 10.7 Å². The number of amides is 2. The zero-order valence-corrected chi connectivity index (χ0v) is 11.5. The molecule has 1 aromatic carbocycles. The summed E-state index contributed by atoms with van der Waals surface area (Å²) in [6, 6.07) is 7.27. The number of benzene rings is 1. The Balaban J connectivity index is 1.94.